The zero-order chi connectivity index (χ0) is 21.6. The molecule has 1 aromatic heterocycles. The van der Waals surface area contributed by atoms with Crippen molar-refractivity contribution in [2.75, 3.05) is 13.1 Å². The third-order valence-corrected chi connectivity index (χ3v) is 7.16. The Labute approximate surface area is 186 Å². The van der Waals surface area contributed by atoms with Gasteiger partial charge in [-0.15, -0.1) is 0 Å². The lowest BCUT2D eigenvalue weighted by atomic mass is 10.0. The van der Waals surface area contributed by atoms with Crippen molar-refractivity contribution in [2.45, 2.75) is 88.9 Å². The first-order valence-electron chi connectivity index (χ1n) is 12.0. The molecule has 2 aliphatic carbocycles. The summed E-state index contributed by atoms with van der Waals surface area (Å²) in [5, 5.41) is 8.33. The van der Waals surface area contributed by atoms with Crippen molar-refractivity contribution >= 4 is 5.78 Å². The average Bonchev–Trinajstić information content (AvgIpc) is 3.67. The molecule has 3 aliphatic rings. The van der Waals surface area contributed by atoms with Crippen molar-refractivity contribution in [2.24, 2.45) is 0 Å². The standard InChI is InChI=1S/C26H36N4O/c1-26(2,3)30-17-18(16-27-30)13-25(31)20-6-4-5-19(14-20)23-15-24(23)28-21-9-11-29(12-10-21)22-7-8-22/h4-6,14,16-17,21-24,28H,7-13,15H2,1-3H3. The molecule has 2 atom stereocenters. The second-order valence-corrected chi connectivity index (χ2v) is 10.8. The van der Waals surface area contributed by atoms with Gasteiger partial charge in [0.2, 0.25) is 0 Å². The first kappa shape index (κ1) is 20.9. The number of Topliss-reactive ketones (excluding diaryl/α,β-unsaturated/α-hetero) is 1. The maximum atomic E-state index is 12.9. The zero-order valence-electron chi connectivity index (χ0n) is 19.2. The smallest absolute Gasteiger partial charge is 0.167 e. The van der Waals surface area contributed by atoms with E-state index in [1.807, 2.05) is 29.2 Å². The Morgan fingerprint density at radius 3 is 2.61 bits per heavy atom. The number of benzene rings is 1. The van der Waals surface area contributed by atoms with Crippen LogP contribution in [0.25, 0.3) is 0 Å². The van der Waals surface area contributed by atoms with Gasteiger partial charge in [-0.2, -0.15) is 5.10 Å². The van der Waals surface area contributed by atoms with Crippen LogP contribution in [0.3, 0.4) is 0 Å². The van der Waals surface area contributed by atoms with Gasteiger partial charge in [0.25, 0.3) is 0 Å². The fourth-order valence-corrected chi connectivity index (χ4v) is 4.97. The quantitative estimate of drug-likeness (QED) is 0.684. The summed E-state index contributed by atoms with van der Waals surface area (Å²) < 4.78 is 1.93. The summed E-state index contributed by atoms with van der Waals surface area (Å²) in [5.41, 5.74) is 3.05. The predicted molar refractivity (Wildman–Crippen MR) is 124 cm³/mol. The highest BCUT2D eigenvalue weighted by atomic mass is 16.1. The topological polar surface area (TPSA) is 50.2 Å². The first-order chi connectivity index (χ1) is 14.9. The summed E-state index contributed by atoms with van der Waals surface area (Å²) in [4.78, 5) is 15.6. The second-order valence-electron chi connectivity index (χ2n) is 10.8. The molecule has 31 heavy (non-hydrogen) atoms. The summed E-state index contributed by atoms with van der Waals surface area (Å²) in [5.74, 6) is 0.728. The Bertz CT molecular complexity index is 931. The van der Waals surface area contributed by atoms with E-state index >= 15 is 0 Å². The van der Waals surface area contributed by atoms with Gasteiger partial charge in [-0.05, 0) is 83.2 Å². The highest BCUT2D eigenvalue weighted by Crippen LogP contribution is 2.42. The van der Waals surface area contributed by atoms with E-state index in [1.165, 1.54) is 50.8 Å². The van der Waals surface area contributed by atoms with E-state index < -0.39 is 0 Å². The molecular weight excluding hydrogens is 384 g/mol. The van der Waals surface area contributed by atoms with Crippen molar-refractivity contribution in [3.8, 4) is 0 Å². The molecule has 1 N–H and O–H groups in total. The van der Waals surface area contributed by atoms with Gasteiger partial charge in [-0.25, -0.2) is 0 Å². The fourth-order valence-electron chi connectivity index (χ4n) is 4.97. The summed E-state index contributed by atoms with van der Waals surface area (Å²) in [6, 6.07) is 10.5. The highest BCUT2D eigenvalue weighted by Gasteiger charge is 2.40. The number of hydrogen-bond acceptors (Lipinski definition) is 4. The van der Waals surface area contributed by atoms with Gasteiger partial charge in [-0.3, -0.25) is 9.48 Å². The van der Waals surface area contributed by atoms with E-state index in [-0.39, 0.29) is 11.3 Å². The van der Waals surface area contributed by atoms with Crippen molar-refractivity contribution < 1.29 is 4.79 Å². The van der Waals surface area contributed by atoms with Gasteiger partial charge in [0.1, 0.15) is 0 Å². The molecule has 1 aliphatic heterocycles. The number of carbonyl (C=O) groups is 1. The van der Waals surface area contributed by atoms with E-state index in [1.54, 1.807) is 0 Å². The van der Waals surface area contributed by atoms with Crippen LogP contribution < -0.4 is 5.32 Å². The molecule has 166 valence electrons. The van der Waals surface area contributed by atoms with Crippen molar-refractivity contribution in [1.82, 2.24) is 20.0 Å². The van der Waals surface area contributed by atoms with Crippen LogP contribution in [0.2, 0.25) is 0 Å². The van der Waals surface area contributed by atoms with Crippen molar-refractivity contribution in [3.63, 3.8) is 0 Å². The Kier molecular flexibility index (Phi) is 5.51. The van der Waals surface area contributed by atoms with Gasteiger partial charge in [-0.1, -0.05) is 18.2 Å². The third-order valence-electron chi connectivity index (χ3n) is 7.16. The maximum Gasteiger partial charge on any atom is 0.167 e. The van der Waals surface area contributed by atoms with Crippen LogP contribution in [-0.4, -0.2) is 51.7 Å². The summed E-state index contributed by atoms with van der Waals surface area (Å²) in [6.45, 7) is 8.87. The van der Waals surface area contributed by atoms with Crippen LogP contribution in [0.1, 0.15) is 80.3 Å². The zero-order valence-corrected chi connectivity index (χ0v) is 19.2. The average molecular weight is 421 g/mol. The Morgan fingerprint density at radius 1 is 1.16 bits per heavy atom. The molecule has 2 unspecified atom stereocenters. The van der Waals surface area contributed by atoms with Crippen molar-refractivity contribution in [1.29, 1.82) is 0 Å². The molecule has 2 saturated carbocycles. The van der Waals surface area contributed by atoms with Crippen molar-refractivity contribution in [3.05, 3.63) is 53.3 Å². The molecule has 5 nitrogen and oxygen atoms in total. The van der Waals surface area contributed by atoms with Gasteiger partial charge in [0.05, 0.1) is 11.7 Å². The lowest BCUT2D eigenvalue weighted by Crippen LogP contribution is -2.44. The molecule has 5 heteroatoms. The number of ketones is 1. The van der Waals surface area contributed by atoms with Gasteiger partial charge >= 0.3 is 0 Å². The third kappa shape index (κ3) is 4.93. The maximum absolute atomic E-state index is 12.9. The van der Waals surface area contributed by atoms with Crippen LogP contribution >= 0.6 is 0 Å². The van der Waals surface area contributed by atoms with Crippen LogP contribution in [0.5, 0.6) is 0 Å². The molecule has 0 spiro atoms. The summed E-state index contributed by atoms with van der Waals surface area (Å²) >= 11 is 0. The lowest BCUT2D eigenvalue weighted by Gasteiger charge is -2.32. The monoisotopic (exact) mass is 420 g/mol. The molecule has 0 bridgehead atoms. The molecule has 2 aromatic rings. The summed E-state index contributed by atoms with van der Waals surface area (Å²) in [7, 11) is 0. The van der Waals surface area contributed by atoms with Crippen LogP contribution in [0.15, 0.2) is 36.7 Å². The predicted octanol–water partition coefficient (Wildman–Crippen LogP) is 4.14. The number of piperidine rings is 1. The van der Waals surface area contributed by atoms with Crippen LogP contribution in [0.4, 0.5) is 0 Å². The molecule has 2 heterocycles. The highest BCUT2D eigenvalue weighted by molar-refractivity contribution is 5.97. The number of carbonyl (C=O) groups excluding carboxylic acids is 1. The minimum atomic E-state index is -0.0658. The number of nitrogens with zero attached hydrogens (tertiary/aromatic N) is 3. The number of aromatic nitrogens is 2. The number of hydrogen-bond donors (Lipinski definition) is 1. The normalized spacial score (nSPS) is 25.0. The molecule has 3 fully saturated rings. The van der Waals surface area contributed by atoms with Gasteiger partial charge in [0, 0.05) is 42.2 Å². The SMILES string of the molecule is CC(C)(C)n1cc(CC(=O)c2cccc(C3CC3NC3CCN(C4CC4)CC3)c2)cn1. The molecule has 1 aromatic carbocycles. The van der Waals surface area contributed by atoms with E-state index in [2.05, 4.69) is 48.2 Å². The minimum absolute atomic E-state index is 0.0658. The van der Waals surface area contributed by atoms with Gasteiger partial charge < -0.3 is 10.2 Å². The second kappa shape index (κ2) is 8.18. The Hall–Kier alpha value is -1.98. The first-order valence-corrected chi connectivity index (χ1v) is 12.0. The van der Waals surface area contributed by atoms with E-state index in [4.69, 9.17) is 0 Å². The molecular formula is C26H36N4O. The lowest BCUT2D eigenvalue weighted by molar-refractivity contribution is 0.0992. The molecule has 1 saturated heterocycles. The van der Waals surface area contributed by atoms with Crippen LogP contribution in [0, 0.1) is 0 Å². The molecule has 5 rings (SSSR count). The van der Waals surface area contributed by atoms with Crippen LogP contribution in [-0.2, 0) is 12.0 Å². The molecule has 0 amide bonds. The number of rotatable bonds is 7. The number of likely N-dealkylation sites (tertiary alicyclic amines) is 1. The fraction of sp³-hybridized carbons (Fsp3) is 0.615. The van der Waals surface area contributed by atoms with E-state index in [0.717, 1.165) is 17.2 Å². The molecule has 0 radical (unpaired) electrons. The number of nitrogens with one attached hydrogen (secondary N) is 1. The van der Waals surface area contributed by atoms with E-state index in [0.29, 0.717) is 24.4 Å². The Balaban J connectivity index is 1.15. The Morgan fingerprint density at radius 2 is 1.94 bits per heavy atom. The summed E-state index contributed by atoms with van der Waals surface area (Å²) in [6.07, 6.45) is 10.8. The minimum Gasteiger partial charge on any atom is -0.311 e. The largest absolute Gasteiger partial charge is 0.311 e. The van der Waals surface area contributed by atoms with Gasteiger partial charge in [0.15, 0.2) is 5.78 Å². The van der Waals surface area contributed by atoms with E-state index in [9.17, 15) is 4.79 Å².